The standard InChI is InChI=1S/C19H27N3O2/c1-14-13-16(24-12-4-11-22-10-3-5-15(22)2)6-7-17(14)18-8-9-19(23)21-20-18/h6-7,13,15H,3-5,8-12H2,1-2H3,(H,21,23). The predicted octanol–water partition coefficient (Wildman–Crippen LogP) is 2.86. The number of rotatable bonds is 6. The Kier molecular flexibility index (Phi) is 5.51. The number of amides is 1. The average molecular weight is 329 g/mol. The van der Waals surface area contributed by atoms with Gasteiger partial charge in [0.1, 0.15) is 5.75 Å². The van der Waals surface area contributed by atoms with Crippen molar-refractivity contribution < 1.29 is 9.53 Å². The van der Waals surface area contributed by atoms with Gasteiger partial charge in [-0.3, -0.25) is 4.79 Å². The Bertz CT molecular complexity index is 627. The van der Waals surface area contributed by atoms with E-state index in [1.165, 1.54) is 19.4 Å². The van der Waals surface area contributed by atoms with Crippen LogP contribution in [0, 0.1) is 6.92 Å². The number of nitrogens with zero attached hydrogens (tertiary/aromatic N) is 2. The van der Waals surface area contributed by atoms with Crippen LogP contribution in [0.1, 0.15) is 50.2 Å². The molecule has 1 amide bonds. The number of ether oxygens (including phenoxy) is 1. The van der Waals surface area contributed by atoms with E-state index in [0.717, 1.165) is 48.2 Å². The van der Waals surface area contributed by atoms with Crippen molar-refractivity contribution in [1.29, 1.82) is 0 Å². The molecule has 130 valence electrons. The topological polar surface area (TPSA) is 53.9 Å². The van der Waals surface area contributed by atoms with Crippen molar-refractivity contribution in [2.24, 2.45) is 5.10 Å². The Labute approximate surface area is 144 Å². The molecule has 0 aliphatic carbocycles. The van der Waals surface area contributed by atoms with Crippen LogP contribution >= 0.6 is 0 Å². The molecule has 24 heavy (non-hydrogen) atoms. The minimum absolute atomic E-state index is 0.0105. The SMILES string of the molecule is Cc1cc(OCCCN2CCCC2C)ccc1C1=NNC(=O)CC1. The molecular weight excluding hydrogens is 302 g/mol. The maximum atomic E-state index is 11.2. The van der Waals surface area contributed by atoms with Gasteiger partial charge in [0, 0.05) is 31.0 Å². The Hall–Kier alpha value is -1.88. The van der Waals surface area contributed by atoms with Crippen LogP contribution in [0.2, 0.25) is 0 Å². The van der Waals surface area contributed by atoms with E-state index in [0.29, 0.717) is 12.8 Å². The summed E-state index contributed by atoms with van der Waals surface area (Å²) >= 11 is 0. The van der Waals surface area contributed by atoms with Gasteiger partial charge in [-0.2, -0.15) is 5.10 Å². The largest absolute Gasteiger partial charge is 0.494 e. The Morgan fingerprint density at radius 1 is 1.38 bits per heavy atom. The third-order valence-electron chi connectivity index (χ3n) is 4.96. The first kappa shape index (κ1) is 17.0. The highest BCUT2D eigenvalue weighted by molar-refractivity contribution is 6.05. The van der Waals surface area contributed by atoms with E-state index < -0.39 is 0 Å². The quantitative estimate of drug-likeness (QED) is 0.817. The number of carbonyl (C=O) groups is 1. The lowest BCUT2D eigenvalue weighted by Crippen LogP contribution is -2.28. The molecule has 0 aromatic heterocycles. The predicted molar refractivity (Wildman–Crippen MR) is 95.5 cm³/mol. The van der Waals surface area contributed by atoms with Crippen LogP contribution in [0.3, 0.4) is 0 Å². The van der Waals surface area contributed by atoms with Crippen molar-refractivity contribution in [3.05, 3.63) is 29.3 Å². The molecule has 1 aromatic rings. The third kappa shape index (κ3) is 4.15. The van der Waals surface area contributed by atoms with E-state index in [9.17, 15) is 4.79 Å². The van der Waals surface area contributed by atoms with Gasteiger partial charge in [-0.1, -0.05) is 0 Å². The molecule has 1 N–H and O–H groups in total. The zero-order chi connectivity index (χ0) is 16.9. The first-order chi connectivity index (χ1) is 11.6. The van der Waals surface area contributed by atoms with Gasteiger partial charge in [0.15, 0.2) is 0 Å². The van der Waals surface area contributed by atoms with E-state index >= 15 is 0 Å². The molecule has 2 aliphatic rings. The van der Waals surface area contributed by atoms with E-state index in [4.69, 9.17) is 4.74 Å². The third-order valence-corrected chi connectivity index (χ3v) is 4.96. The van der Waals surface area contributed by atoms with Crippen LogP contribution in [0.15, 0.2) is 23.3 Å². The fraction of sp³-hybridized carbons (Fsp3) is 0.579. The summed E-state index contributed by atoms with van der Waals surface area (Å²) in [5.41, 5.74) is 5.73. The van der Waals surface area contributed by atoms with E-state index in [1.807, 2.05) is 12.1 Å². The number of hydrazone groups is 1. The minimum Gasteiger partial charge on any atom is -0.494 e. The zero-order valence-corrected chi connectivity index (χ0v) is 14.7. The number of likely N-dealkylation sites (tertiary alicyclic amines) is 1. The fourth-order valence-electron chi connectivity index (χ4n) is 3.50. The van der Waals surface area contributed by atoms with Crippen molar-refractivity contribution >= 4 is 11.6 Å². The van der Waals surface area contributed by atoms with Gasteiger partial charge in [0.2, 0.25) is 5.91 Å². The summed E-state index contributed by atoms with van der Waals surface area (Å²) in [5, 5.41) is 4.17. The number of benzene rings is 1. The molecular formula is C19H27N3O2. The van der Waals surface area contributed by atoms with E-state index in [1.54, 1.807) is 0 Å². The summed E-state index contributed by atoms with van der Waals surface area (Å²) in [6.07, 6.45) is 4.91. The van der Waals surface area contributed by atoms with Gasteiger partial charge in [0.25, 0.3) is 0 Å². The summed E-state index contributed by atoms with van der Waals surface area (Å²) < 4.78 is 5.90. The second-order valence-corrected chi connectivity index (χ2v) is 6.80. The number of carbonyl (C=O) groups excluding carboxylic acids is 1. The number of hydrogen-bond donors (Lipinski definition) is 1. The second kappa shape index (κ2) is 7.79. The Balaban J connectivity index is 1.50. The van der Waals surface area contributed by atoms with Crippen molar-refractivity contribution in [3.8, 4) is 5.75 Å². The summed E-state index contributed by atoms with van der Waals surface area (Å²) in [6, 6.07) is 6.83. The molecule has 2 aliphatic heterocycles. The molecule has 0 bridgehead atoms. The summed E-state index contributed by atoms with van der Waals surface area (Å²) in [4.78, 5) is 13.7. The molecule has 5 heteroatoms. The summed E-state index contributed by atoms with van der Waals surface area (Å²) in [5.74, 6) is 0.898. The molecule has 1 saturated heterocycles. The van der Waals surface area contributed by atoms with Crippen LogP contribution < -0.4 is 10.2 Å². The Morgan fingerprint density at radius 2 is 2.25 bits per heavy atom. The highest BCUT2D eigenvalue weighted by Crippen LogP contribution is 2.21. The van der Waals surface area contributed by atoms with E-state index in [2.05, 4.69) is 35.3 Å². The molecule has 2 heterocycles. The molecule has 1 fully saturated rings. The van der Waals surface area contributed by atoms with Crippen LogP contribution in [-0.2, 0) is 4.79 Å². The molecule has 1 aromatic carbocycles. The molecule has 0 saturated carbocycles. The van der Waals surface area contributed by atoms with Gasteiger partial charge in [0.05, 0.1) is 12.3 Å². The van der Waals surface area contributed by atoms with Crippen molar-refractivity contribution in [2.45, 2.75) is 52.0 Å². The first-order valence-electron chi connectivity index (χ1n) is 8.97. The first-order valence-corrected chi connectivity index (χ1v) is 8.97. The summed E-state index contributed by atoms with van der Waals surface area (Å²) in [6.45, 7) is 7.47. The Morgan fingerprint density at radius 3 is 2.92 bits per heavy atom. The van der Waals surface area contributed by atoms with Gasteiger partial charge in [-0.15, -0.1) is 0 Å². The van der Waals surface area contributed by atoms with Crippen LogP contribution in [0.25, 0.3) is 0 Å². The van der Waals surface area contributed by atoms with Crippen LogP contribution in [0.5, 0.6) is 5.75 Å². The second-order valence-electron chi connectivity index (χ2n) is 6.80. The smallest absolute Gasteiger partial charge is 0.240 e. The normalized spacial score (nSPS) is 21.5. The highest BCUT2D eigenvalue weighted by Gasteiger charge is 2.19. The lowest BCUT2D eigenvalue weighted by atomic mass is 9.99. The molecule has 0 spiro atoms. The van der Waals surface area contributed by atoms with Gasteiger partial charge in [-0.05, 0) is 63.4 Å². The van der Waals surface area contributed by atoms with Crippen LogP contribution in [0.4, 0.5) is 0 Å². The molecule has 3 rings (SSSR count). The average Bonchev–Trinajstić information content (AvgIpc) is 2.98. The number of hydrogen-bond acceptors (Lipinski definition) is 4. The zero-order valence-electron chi connectivity index (χ0n) is 14.7. The van der Waals surface area contributed by atoms with Crippen molar-refractivity contribution in [2.75, 3.05) is 19.7 Å². The van der Waals surface area contributed by atoms with Crippen molar-refractivity contribution in [3.63, 3.8) is 0 Å². The number of aryl methyl sites for hydroxylation is 1. The molecule has 5 nitrogen and oxygen atoms in total. The lowest BCUT2D eigenvalue weighted by molar-refractivity contribution is -0.121. The van der Waals surface area contributed by atoms with Gasteiger partial charge >= 0.3 is 0 Å². The molecule has 0 radical (unpaired) electrons. The lowest BCUT2D eigenvalue weighted by Gasteiger charge is -2.20. The van der Waals surface area contributed by atoms with Gasteiger partial charge < -0.3 is 9.64 Å². The van der Waals surface area contributed by atoms with E-state index in [-0.39, 0.29) is 5.91 Å². The van der Waals surface area contributed by atoms with Gasteiger partial charge in [-0.25, -0.2) is 5.43 Å². The maximum absolute atomic E-state index is 11.2. The molecule has 1 atom stereocenters. The molecule has 1 unspecified atom stereocenters. The van der Waals surface area contributed by atoms with Crippen molar-refractivity contribution in [1.82, 2.24) is 10.3 Å². The minimum atomic E-state index is -0.0105. The number of nitrogens with one attached hydrogen (secondary N) is 1. The summed E-state index contributed by atoms with van der Waals surface area (Å²) in [7, 11) is 0. The maximum Gasteiger partial charge on any atom is 0.240 e. The monoisotopic (exact) mass is 329 g/mol. The van der Waals surface area contributed by atoms with Crippen LogP contribution in [-0.4, -0.2) is 42.3 Å². The highest BCUT2D eigenvalue weighted by atomic mass is 16.5. The fourth-order valence-corrected chi connectivity index (χ4v) is 3.50.